The molecular weight excluding hydrogens is 442 g/mol. The monoisotopic (exact) mass is 471 g/mol. The molecule has 2 atom stereocenters. The summed E-state index contributed by atoms with van der Waals surface area (Å²) in [6, 6.07) is 25.3. The van der Waals surface area contributed by atoms with Crippen LogP contribution in [-0.4, -0.2) is 42.8 Å². The summed E-state index contributed by atoms with van der Waals surface area (Å²) in [4.78, 5) is 17.8. The van der Waals surface area contributed by atoms with E-state index < -0.39 is 17.6 Å². The van der Waals surface area contributed by atoms with E-state index in [2.05, 4.69) is 18.7 Å². The normalized spacial score (nSPS) is 18.9. The van der Waals surface area contributed by atoms with Crippen molar-refractivity contribution in [2.75, 3.05) is 20.3 Å². The fraction of sp³-hybridized carbons (Fsp3) is 0.241. The van der Waals surface area contributed by atoms with Gasteiger partial charge in [-0.25, -0.2) is 9.79 Å². The molecule has 4 rings (SSSR count). The number of ether oxygens (including phenoxy) is 3. The molecule has 3 aromatic carbocycles. The molecule has 0 aromatic heterocycles. The van der Waals surface area contributed by atoms with E-state index in [1.165, 1.54) is 7.11 Å². The Morgan fingerprint density at radius 2 is 1.69 bits per heavy atom. The average Bonchev–Trinajstić information content (AvgIpc) is 3.30. The van der Waals surface area contributed by atoms with E-state index >= 15 is 0 Å². The van der Waals surface area contributed by atoms with Gasteiger partial charge in [0.2, 0.25) is 11.4 Å². The van der Waals surface area contributed by atoms with Crippen molar-refractivity contribution in [2.24, 2.45) is 4.99 Å². The number of aliphatic hydroxyl groups is 1. The lowest BCUT2D eigenvalue weighted by Crippen LogP contribution is -2.41. The maximum Gasteiger partial charge on any atom is 0.338 e. The number of methoxy groups -OCH3 is 1. The maximum absolute atomic E-state index is 13.1. The van der Waals surface area contributed by atoms with Gasteiger partial charge in [-0.15, -0.1) is 6.58 Å². The highest BCUT2D eigenvalue weighted by Crippen LogP contribution is 2.43. The Labute approximate surface area is 205 Å². The van der Waals surface area contributed by atoms with Crippen molar-refractivity contribution in [2.45, 2.75) is 24.5 Å². The summed E-state index contributed by atoms with van der Waals surface area (Å²) >= 11 is 0. The Balaban J connectivity index is 1.65. The first-order chi connectivity index (χ1) is 17.1. The fourth-order valence-electron chi connectivity index (χ4n) is 4.17. The van der Waals surface area contributed by atoms with Gasteiger partial charge in [-0.3, -0.25) is 0 Å². The van der Waals surface area contributed by atoms with Crippen molar-refractivity contribution in [3.05, 3.63) is 103 Å². The zero-order chi connectivity index (χ0) is 24.7. The van der Waals surface area contributed by atoms with E-state index in [9.17, 15) is 4.79 Å². The number of rotatable bonds is 10. The highest BCUT2D eigenvalue weighted by atomic mass is 16.5. The van der Waals surface area contributed by atoms with Crippen molar-refractivity contribution < 1.29 is 24.1 Å². The van der Waals surface area contributed by atoms with Crippen LogP contribution < -0.4 is 4.74 Å². The predicted molar refractivity (Wildman–Crippen MR) is 135 cm³/mol. The van der Waals surface area contributed by atoms with Crippen LogP contribution in [0.15, 0.2) is 96.5 Å². The van der Waals surface area contributed by atoms with Gasteiger partial charge in [-0.2, -0.15) is 0 Å². The van der Waals surface area contributed by atoms with Gasteiger partial charge in [-0.1, -0.05) is 60.7 Å². The standard InChI is InChI=1S/C29H29NO5/c1-3-18-29(28(32)33-2)26(23-12-10-22(11-13-23)21-8-5-4-6-9-21)35-27(30-29)24-14-16-25(17-15-24)34-20-7-19-31/h3-6,8-17,26,31H,1,7,18-20H2,2H3/t26-,29-/m1/s1. The van der Waals surface area contributed by atoms with E-state index in [0.717, 1.165) is 22.3 Å². The number of aliphatic hydroxyl groups excluding tert-OH is 1. The third-order valence-electron chi connectivity index (χ3n) is 5.95. The molecule has 1 aliphatic rings. The molecule has 0 spiro atoms. The Bertz CT molecular complexity index is 1170. The third kappa shape index (κ3) is 5.12. The highest BCUT2D eigenvalue weighted by Gasteiger charge is 2.53. The van der Waals surface area contributed by atoms with Crippen LogP contribution in [0.5, 0.6) is 5.75 Å². The molecule has 1 heterocycles. The second-order valence-corrected chi connectivity index (χ2v) is 8.26. The quantitative estimate of drug-likeness (QED) is 0.252. The molecule has 0 aliphatic carbocycles. The third-order valence-corrected chi connectivity index (χ3v) is 5.95. The molecule has 0 unspecified atom stereocenters. The minimum Gasteiger partial charge on any atom is -0.494 e. The second kappa shape index (κ2) is 11.0. The number of aliphatic imine (C=N–C) groups is 1. The highest BCUT2D eigenvalue weighted by molar-refractivity contribution is 6.00. The minimum atomic E-state index is -1.28. The summed E-state index contributed by atoms with van der Waals surface area (Å²) in [5.74, 6) is 0.559. The summed E-state index contributed by atoms with van der Waals surface area (Å²) in [5, 5.41) is 8.92. The number of benzene rings is 3. The molecule has 1 aliphatic heterocycles. The Morgan fingerprint density at radius 1 is 1.03 bits per heavy atom. The van der Waals surface area contributed by atoms with Crippen molar-refractivity contribution >= 4 is 11.9 Å². The van der Waals surface area contributed by atoms with Gasteiger partial charge in [0.15, 0.2) is 6.10 Å². The van der Waals surface area contributed by atoms with E-state index in [1.54, 1.807) is 6.08 Å². The van der Waals surface area contributed by atoms with Crippen LogP contribution in [-0.2, 0) is 14.3 Å². The van der Waals surface area contributed by atoms with Gasteiger partial charge in [0.25, 0.3) is 0 Å². The van der Waals surface area contributed by atoms with Crippen LogP contribution in [0.2, 0.25) is 0 Å². The number of nitrogens with zero attached hydrogens (tertiary/aromatic N) is 1. The maximum atomic E-state index is 13.1. The fourth-order valence-corrected chi connectivity index (χ4v) is 4.17. The molecule has 1 N–H and O–H groups in total. The van der Waals surface area contributed by atoms with Crippen molar-refractivity contribution in [1.29, 1.82) is 0 Å². The summed E-state index contributed by atoms with van der Waals surface area (Å²) in [5.41, 5.74) is 2.43. The van der Waals surface area contributed by atoms with Gasteiger partial charge >= 0.3 is 5.97 Å². The summed E-state index contributed by atoms with van der Waals surface area (Å²) < 4.78 is 17.1. The van der Waals surface area contributed by atoms with Crippen molar-refractivity contribution in [3.63, 3.8) is 0 Å². The lowest BCUT2D eigenvalue weighted by molar-refractivity contribution is -0.149. The Kier molecular flexibility index (Phi) is 7.63. The molecule has 0 fully saturated rings. The van der Waals surface area contributed by atoms with Gasteiger partial charge in [0.1, 0.15) is 5.75 Å². The largest absolute Gasteiger partial charge is 0.494 e. The molecule has 0 bridgehead atoms. The van der Waals surface area contributed by atoms with Crippen molar-refractivity contribution in [1.82, 2.24) is 0 Å². The van der Waals surface area contributed by atoms with Crippen LogP contribution in [0, 0.1) is 0 Å². The predicted octanol–water partition coefficient (Wildman–Crippen LogP) is 5.12. The van der Waals surface area contributed by atoms with Crippen LogP contribution in [0.1, 0.15) is 30.1 Å². The summed E-state index contributed by atoms with van der Waals surface area (Å²) in [7, 11) is 1.36. The van der Waals surface area contributed by atoms with E-state index in [4.69, 9.17) is 24.3 Å². The average molecular weight is 472 g/mol. The Morgan fingerprint density at radius 3 is 2.31 bits per heavy atom. The molecule has 0 saturated carbocycles. The zero-order valence-electron chi connectivity index (χ0n) is 19.7. The van der Waals surface area contributed by atoms with Gasteiger partial charge < -0.3 is 19.3 Å². The molecule has 6 nitrogen and oxygen atoms in total. The number of hydrogen-bond donors (Lipinski definition) is 1. The SMILES string of the molecule is C=CC[C@@]1(C(=O)OC)N=C(c2ccc(OCCCO)cc2)O[C@@H]1c1ccc(-c2ccccc2)cc1. The lowest BCUT2D eigenvalue weighted by Gasteiger charge is -2.28. The molecule has 0 saturated heterocycles. The molecule has 0 amide bonds. The number of carbonyl (C=O) groups is 1. The van der Waals surface area contributed by atoms with Crippen molar-refractivity contribution in [3.8, 4) is 16.9 Å². The molecule has 0 radical (unpaired) electrons. The molecular formula is C29H29NO5. The first-order valence-electron chi connectivity index (χ1n) is 11.6. The van der Waals surface area contributed by atoms with Crippen LogP contribution in [0.4, 0.5) is 0 Å². The topological polar surface area (TPSA) is 77.4 Å². The number of carbonyl (C=O) groups excluding carboxylic acids is 1. The smallest absolute Gasteiger partial charge is 0.338 e. The van der Waals surface area contributed by atoms with E-state index in [-0.39, 0.29) is 13.0 Å². The van der Waals surface area contributed by atoms with E-state index in [1.807, 2.05) is 66.7 Å². The van der Waals surface area contributed by atoms with E-state index in [0.29, 0.717) is 24.7 Å². The molecule has 35 heavy (non-hydrogen) atoms. The molecule has 6 heteroatoms. The molecule has 3 aromatic rings. The first kappa shape index (κ1) is 24.2. The van der Waals surface area contributed by atoms with Crippen LogP contribution in [0.25, 0.3) is 11.1 Å². The number of hydrogen-bond acceptors (Lipinski definition) is 6. The summed E-state index contributed by atoms with van der Waals surface area (Å²) in [6.45, 7) is 4.35. The lowest BCUT2D eigenvalue weighted by atomic mass is 9.85. The number of esters is 1. The Hall–Kier alpha value is -3.90. The minimum absolute atomic E-state index is 0.0787. The van der Waals surface area contributed by atoms with Gasteiger partial charge in [0, 0.05) is 25.0 Å². The van der Waals surface area contributed by atoms with Gasteiger partial charge in [-0.05, 0) is 41.0 Å². The second-order valence-electron chi connectivity index (χ2n) is 8.26. The van der Waals surface area contributed by atoms with Gasteiger partial charge in [0.05, 0.1) is 13.7 Å². The first-order valence-corrected chi connectivity index (χ1v) is 11.6. The van der Waals surface area contributed by atoms with Crippen LogP contribution in [0.3, 0.4) is 0 Å². The summed E-state index contributed by atoms with van der Waals surface area (Å²) in [6.07, 6.45) is 1.81. The van der Waals surface area contributed by atoms with Crippen LogP contribution >= 0.6 is 0 Å². The zero-order valence-corrected chi connectivity index (χ0v) is 19.7. The molecule has 180 valence electrons.